The van der Waals surface area contributed by atoms with Gasteiger partial charge in [0.2, 0.25) is 0 Å². The molecule has 2 N–H and O–H groups in total. The van der Waals surface area contributed by atoms with E-state index in [1.165, 1.54) is 19.2 Å². The van der Waals surface area contributed by atoms with Crippen molar-refractivity contribution in [3.8, 4) is 0 Å². The molecule has 0 radical (unpaired) electrons. The van der Waals surface area contributed by atoms with E-state index in [0.717, 1.165) is 0 Å². The minimum atomic E-state index is -1.07. The molecule has 1 atom stereocenters. The number of aliphatic carboxylic acids is 1. The van der Waals surface area contributed by atoms with Gasteiger partial charge in [-0.2, -0.15) is 0 Å². The van der Waals surface area contributed by atoms with Gasteiger partial charge in [-0.1, -0.05) is 12.1 Å². The van der Waals surface area contributed by atoms with Gasteiger partial charge in [0.1, 0.15) is 5.60 Å². The summed E-state index contributed by atoms with van der Waals surface area (Å²) in [6, 6.07) is 5.38. The molecule has 7 heteroatoms. The summed E-state index contributed by atoms with van der Waals surface area (Å²) in [5.74, 6) is -1.56. The predicted octanol–water partition coefficient (Wildman–Crippen LogP) is 2.51. The molecule has 0 aliphatic carbocycles. The zero-order valence-corrected chi connectivity index (χ0v) is 13.6. The fourth-order valence-electron chi connectivity index (χ4n) is 1.85. The molecule has 1 aromatic rings. The second kappa shape index (κ2) is 7.62. The van der Waals surface area contributed by atoms with Gasteiger partial charge in [-0.3, -0.25) is 4.79 Å². The summed E-state index contributed by atoms with van der Waals surface area (Å²) in [6.07, 6.45) is -1.02. The van der Waals surface area contributed by atoms with Gasteiger partial charge in [0.25, 0.3) is 0 Å². The second-order valence-corrected chi connectivity index (χ2v) is 5.91. The number of benzene rings is 1. The van der Waals surface area contributed by atoms with Crippen molar-refractivity contribution in [1.29, 1.82) is 0 Å². The molecule has 0 saturated heterocycles. The number of methoxy groups -OCH3 is 1. The van der Waals surface area contributed by atoms with E-state index in [-0.39, 0.29) is 6.42 Å². The first kappa shape index (κ1) is 18.5. The number of esters is 1. The Labute approximate surface area is 134 Å². The van der Waals surface area contributed by atoms with Gasteiger partial charge in [0.15, 0.2) is 0 Å². The monoisotopic (exact) mass is 323 g/mol. The Morgan fingerprint density at radius 1 is 1.17 bits per heavy atom. The number of ether oxygens (including phenoxy) is 2. The SMILES string of the molecule is COC(=O)c1ccc(C(CC(=O)O)NC(=O)OC(C)(C)C)cc1. The highest BCUT2D eigenvalue weighted by Gasteiger charge is 2.22. The standard InChI is InChI=1S/C16H21NO6/c1-16(2,3)23-15(21)17-12(9-13(18)19)10-5-7-11(8-6-10)14(20)22-4/h5-8,12H,9H2,1-4H3,(H,17,21)(H,18,19). The van der Waals surface area contributed by atoms with E-state index in [1.807, 2.05) is 0 Å². The summed E-state index contributed by atoms with van der Waals surface area (Å²) in [5, 5.41) is 11.5. The Morgan fingerprint density at radius 2 is 1.74 bits per heavy atom. The van der Waals surface area contributed by atoms with Crippen LogP contribution in [0.1, 0.15) is 49.2 Å². The molecule has 0 spiro atoms. The number of rotatable bonds is 5. The average molecular weight is 323 g/mol. The van der Waals surface area contributed by atoms with Crippen molar-refractivity contribution in [2.75, 3.05) is 7.11 Å². The van der Waals surface area contributed by atoms with Crippen molar-refractivity contribution in [1.82, 2.24) is 5.32 Å². The van der Waals surface area contributed by atoms with Crippen LogP contribution in [0.4, 0.5) is 4.79 Å². The number of amides is 1. The van der Waals surface area contributed by atoms with E-state index in [2.05, 4.69) is 10.1 Å². The molecule has 0 aliphatic rings. The van der Waals surface area contributed by atoms with Gasteiger partial charge in [0, 0.05) is 0 Å². The van der Waals surface area contributed by atoms with E-state index in [4.69, 9.17) is 9.84 Å². The van der Waals surface area contributed by atoms with Gasteiger partial charge >= 0.3 is 18.0 Å². The van der Waals surface area contributed by atoms with Crippen molar-refractivity contribution < 1.29 is 29.0 Å². The Bertz CT molecular complexity index is 573. The normalized spacial score (nSPS) is 12.2. The van der Waals surface area contributed by atoms with Crippen LogP contribution in [-0.2, 0) is 14.3 Å². The minimum Gasteiger partial charge on any atom is -0.481 e. The Morgan fingerprint density at radius 3 is 2.17 bits per heavy atom. The molecule has 0 aromatic heterocycles. The summed E-state index contributed by atoms with van der Waals surface area (Å²) in [4.78, 5) is 34.3. The van der Waals surface area contributed by atoms with Crippen LogP contribution in [0.25, 0.3) is 0 Å². The van der Waals surface area contributed by atoms with Crippen LogP contribution in [-0.4, -0.2) is 35.8 Å². The predicted molar refractivity (Wildman–Crippen MR) is 82.1 cm³/mol. The second-order valence-electron chi connectivity index (χ2n) is 5.91. The molecule has 7 nitrogen and oxygen atoms in total. The molecular weight excluding hydrogens is 302 g/mol. The maximum absolute atomic E-state index is 11.8. The highest BCUT2D eigenvalue weighted by atomic mass is 16.6. The Balaban J connectivity index is 2.91. The van der Waals surface area contributed by atoms with Crippen LogP contribution in [0.5, 0.6) is 0 Å². The first-order valence-corrected chi connectivity index (χ1v) is 7.02. The first-order chi connectivity index (χ1) is 10.6. The Hall–Kier alpha value is -2.57. The summed E-state index contributed by atoms with van der Waals surface area (Å²) < 4.78 is 9.73. The zero-order valence-electron chi connectivity index (χ0n) is 13.6. The van der Waals surface area contributed by atoms with Gasteiger partial charge in [-0.05, 0) is 38.5 Å². The van der Waals surface area contributed by atoms with Crippen molar-refractivity contribution in [2.24, 2.45) is 0 Å². The van der Waals surface area contributed by atoms with E-state index < -0.39 is 29.7 Å². The molecule has 23 heavy (non-hydrogen) atoms. The van der Waals surface area contributed by atoms with Gasteiger partial charge in [-0.15, -0.1) is 0 Å². The topological polar surface area (TPSA) is 102 Å². The number of carbonyl (C=O) groups is 3. The number of carboxylic acids is 1. The van der Waals surface area contributed by atoms with Gasteiger partial charge < -0.3 is 19.9 Å². The van der Waals surface area contributed by atoms with Crippen LogP contribution in [0.2, 0.25) is 0 Å². The third-order valence-electron chi connectivity index (χ3n) is 2.80. The van der Waals surface area contributed by atoms with Crippen LogP contribution < -0.4 is 5.32 Å². The lowest BCUT2D eigenvalue weighted by Gasteiger charge is -2.23. The molecule has 126 valence electrons. The van der Waals surface area contributed by atoms with Crippen molar-refractivity contribution >= 4 is 18.0 Å². The van der Waals surface area contributed by atoms with Crippen LogP contribution in [0.15, 0.2) is 24.3 Å². The molecule has 1 rings (SSSR count). The van der Waals surface area contributed by atoms with Crippen molar-refractivity contribution in [3.05, 3.63) is 35.4 Å². The molecular formula is C16H21NO6. The third-order valence-corrected chi connectivity index (χ3v) is 2.80. The molecule has 0 bridgehead atoms. The van der Waals surface area contributed by atoms with Crippen LogP contribution >= 0.6 is 0 Å². The fourth-order valence-corrected chi connectivity index (χ4v) is 1.85. The first-order valence-electron chi connectivity index (χ1n) is 7.02. The van der Waals surface area contributed by atoms with Crippen molar-refractivity contribution in [3.63, 3.8) is 0 Å². The van der Waals surface area contributed by atoms with Crippen LogP contribution in [0, 0.1) is 0 Å². The summed E-state index contributed by atoms with van der Waals surface area (Å²) in [6.45, 7) is 5.14. The van der Waals surface area contributed by atoms with Crippen molar-refractivity contribution in [2.45, 2.75) is 38.8 Å². The number of hydrogen-bond acceptors (Lipinski definition) is 5. The summed E-state index contributed by atoms with van der Waals surface area (Å²) >= 11 is 0. The van der Waals surface area contributed by atoms with E-state index >= 15 is 0 Å². The average Bonchev–Trinajstić information content (AvgIpc) is 2.43. The van der Waals surface area contributed by atoms with E-state index in [9.17, 15) is 14.4 Å². The molecule has 0 fully saturated rings. The number of hydrogen-bond donors (Lipinski definition) is 2. The van der Waals surface area contributed by atoms with E-state index in [0.29, 0.717) is 11.1 Å². The molecule has 0 aliphatic heterocycles. The summed E-state index contributed by atoms with van der Waals surface area (Å²) in [5.41, 5.74) is 0.195. The fraction of sp³-hybridized carbons (Fsp3) is 0.438. The van der Waals surface area contributed by atoms with Gasteiger partial charge in [-0.25, -0.2) is 9.59 Å². The lowest BCUT2D eigenvalue weighted by molar-refractivity contribution is -0.137. The largest absolute Gasteiger partial charge is 0.481 e. The molecule has 1 unspecified atom stereocenters. The number of carbonyl (C=O) groups excluding carboxylic acids is 2. The number of nitrogens with one attached hydrogen (secondary N) is 1. The smallest absolute Gasteiger partial charge is 0.408 e. The highest BCUT2D eigenvalue weighted by Crippen LogP contribution is 2.19. The summed E-state index contributed by atoms with van der Waals surface area (Å²) in [7, 11) is 1.27. The number of carboxylic acid groups (broad SMARTS) is 1. The quantitative estimate of drug-likeness (QED) is 0.807. The lowest BCUT2D eigenvalue weighted by Crippen LogP contribution is -2.35. The van der Waals surface area contributed by atoms with E-state index in [1.54, 1.807) is 32.9 Å². The van der Waals surface area contributed by atoms with Gasteiger partial charge in [0.05, 0.1) is 25.1 Å². The lowest BCUT2D eigenvalue weighted by atomic mass is 10.0. The molecule has 0 saturated carbocycles. The number of alkyl carbamates (subject to hydrolysis) is 1. The highest BCUT2D eigenvalue weighted by molar-refractivity contribution is 5.89. The molecule has 1 aromatic carbocycles. The van der Waals surface area contributed by atoms with Crippen LogP contribution in [0.3, 0.4) is 0 Å². The zero-order chi connectivity index (χ0) is 17.6. The molecule has 1 amide bonds. The Kier molecular flexibility index (Phi) is 6.12. The minimum absolute atomic E-state index is 0.309. The maximum atomic E-state index is 11.8. The maximum Gasteiger partial charge on any atom is 0.408 e. The third kappa shape index (κ3) is 6.37. The molecule has 0 heterocycles.